The number of aliphatic carboxylic acids is 1. The second-order valence-electron chi connectivity index (χ2n) is 3.75. The van der Waals surface area contributed by atoms with Crippen LogP contribution in [-0.2, 0) is 11.2 Å². The highest BCUT2D eigenvalue weighted by Crippen LogP contribution is 2.29. The Kier molecular flexibility index (Phi) is 3.99. The number of halogens is 1. The van der Waals surface area contributed by atoms with Crippen LogP contribution in [0.15, 0.2) is 53.0 Å². The maximum absolute atomic E-state index is 10.6. The van der Waals surface area contributed by atoms with E-state index in [1.54, 1.807) is 24.3 Å². The summed E-state index contributed by atoms with van der Waals surface area (Å²) < 4.78 is 6.55. The Bertz CT molecular complexity index is 549. The molecular formula is C14H11BrO3. The minimum absolute atomic E-state index is 0.0231. The van der Waals surface area contributed by atoms with Crippen LogP contribution in [0.4, 0.5) is 0 Å². The van der Waals surface area contributed by atoms with E-state index in [-0.39, 0.29) is 6.42 Å². The van der Waals surface area contributed by atoms with Crippen molar-refractivity contribution in [3.05, 3.63) is 58.6 Å². The Morgan fingerprint density at radius 1 is 1.11 bits per heavy atom. The summed E-state index contributed by atoms with van der Waals surface area (Å²) in [5.74, 6) is 0.564. The highest BCUT2D eigenvalue weighted by Gasteiger charge is 2.03. The number of para-hydroxylation sites is 1. The Morgan fingerprint density at radius 2 is 1.78 bits per heavy atom. The third kappa shape index (κ3) is 3.34. The molecule has 0 unspecified atom stereocenters. The first-order valence-corrected chi connectivity index (χ1v) is 6.17. The van der Waals surface area contributed by atoms with Gasteiger partial charge in [-0.3, -0.25) is 4.79 Å². The van der Waals surface area contributed by atoms with E-state index in [4.69, 9.17) is 9.84 Å². The molecule has 0 radical (unpaired) electrons. The summed E-state index contributed by atoms with van der Waals surface area (Å²) in [6.07, 6.45) is 0.0231. The molecule has 92 valence electrons. The van der Waals surface area contributed by atoms with E-state index in [0.717, 1.165) is 15.8 Å². The van der Waals surface area contributed by atoms with Gasteiger partial charge in [0, 0.05) is 0 Å². The number of carbonyl (C=O) groups is 1. The topological polar surface area (TPSA) is 46.5 Å². The lowest BCUT2D eigenvalue weighted by atomic mass is 10.1. The SMILES string of the molecule is O=C(O)Cc1ccc(Oc2ccccc2Br)cc1. The molecule has 18 heavy (non-hydrogen) atoms. The van der Waals surface area contributed by atoms with Crippen LogP contribution < -0.4 is 4.74 Å². The summed E-state index contributed by atoms with van der Waals surface area (Å²) in [5.41, 5.74) is 0.752. The Morgan fingerprint density at radius 3 is 2.39 bits per heavy atom. The van der Waals surface area contributed by atoms with Gasteiger partial charge in [0.1, 0.15) is 11.5 Å². The third-order valence-electron chi connectivity index (χ3n) is 2.34. The summed E-state index contributed by atoms with van der Waals surface area (Å²) >= 11 is 3.40. The molecule has 0 amide bonds. The van der Waals surface area contributed by atoms with E-state index in [1.165, 1.54) is 0 Å². The average molecular weight is 307 g/mol. The maximum atomic E-state index is 10.6. The van der Waals surface area contributed by atoms with Crippen LogP contribution >= 0.6 is 15.9 Å². The van der Waals surface area contributed by atoms with Crippen molar-refractivity contribution in [1.29, 1.82) is 0 Å². The average Bonchev–Trinajstić information content (AvgIpc) is 2.34. The van der Waals surface area contributed by atoms with Gasteiger partial charge in [-0.05, 0) is 45.8 Å². The highest BCUT2D eigenvalue weighted by atomic mass is 79.9. The first-order valence-electron chi connectivity index (χ1n) is 5.38. The van der Waals surface area contributed by atoms with Crippen LogP contribution in [0.2, 0.25) is 0 Å². The number of ether oxygens (including phenoxy) is 1. The van der Waals surface area contributed by atoms with E-state index in [2.05, 4.69) is 15.9 Å². The fourth-order valence-electron chi connectivity index (χ4n) is 1.50. The van der Waals surface area contributed by atoms with E-state index in [1.807, 2.05) is 24.3 Å². The molecule has 2 aromatic carbocycles. The molecule has 0 saturated heterocycles. The van der Waals surface area contributed by atoms with Gasteiger partial charge in [-0.1, -0.05) is 24.3 Å². The smallest absolute Gasteiger partial charge is 0.307 e. The van der Waals surface area contributed by atoms with Gasteiger partial charge in [-0.15, -0.1) is 0 Å². The number of rotatable bonds is 4. The Hall–Kier alpha value is -1.81. The summed E-state index contributed by atoms with van der Waals surface area (Å²) in [5, 5.41) is 8.67. The third-order valence-corrected chi connectivity index (χ3v) is 3.00. The van der Waals surface area contributed by atoms with Crippen molar-refractivity contribution < 1.29 is 14.6 Å². The molecule has 0 aromatic heterocycles. The van der Waals surface area contributed by atoms with E-state index in [0.29, 0.717) is 5.75 Å². The van der Waals surface area contributed by atoms with Crippen LogP contribution in [0, 0.1) is 0 Å². The maximum Gasteiger partial charge on any atom is 0.307 e. The second-order valence-corrected chi connectivity index (χ2v) is 4.60. The minimum atomic E-state index is -0.838. The summed E-state index contributed by atoms with van der Waals surface area (Å²) in [6.45, 7) is 0. The molecule has 2 rings (SSSR count). The van der Waals surface area contributed by atoms with E-state index >= 15 is 0 Å². The van der Waals surface area contributed by atoms with Gasteiger partial charge in [-0.2, -0.15) is 0 Å². The molecule has 0 atom stereocenters. The number of hydrogen-bond donors (Lipinski definition) is 1. The van der Waals surface area contributed by atoms with Gasteiger partial charge in [-0.25, -0.2) is 0 Å². The van der Waals surface area contributed by atoms with Crippen molar-refractivity contribution in [2.24, 2.45) is 0 Å². The molecule has 0 spiro atoms. The molecule has 0 aliphatic carbocycles. The lowest BCUT2D eigenvalue weighted by molar-refractivity contribution is -0.136. The zero-order chi connectivity index (χ0) is 13.0. The predicted octanol–water partition coefficient (Wildman–Crippen LogP) is 3.87. The van der Waals surface area contributed by atoms with Gasteiger partial charge in [0.2, 0.25) is 0 Å². The second kappa shape index (κ2) is 5.69. The Balaban J connectivity index is 2.11. The van der Waals surface area contributed by atoms with Gasteiger partial charge in [0.05, 0.1) is 10.9 Å². The van der Waals surface area contributed by atoms with Crippen molar-refractivity contribution >= 4 is 21.9 Å². The molecule has 0 heterocycles. The monoisotopic (exact) mass is 306 g/mol. The molecular weight excluding hydrogens is 296 g/mol. The fourth-order valence-corrected chi connectivity index (χ4v) is 1.87. The van der Waals surface area contributed by atoms with Crippen molar-refractivity contribution in [2.45, 2.75) is 6.42 Å². The standard InChI is InChI=1S/C14H11BrO3/c15-12-3-1-2-4-13(12)18-11-7-5-10(6-8-11)9-14(16)17/h1-8H,9H2,(H,16,17). The number of carboxylic acid groups (broad SMARTS) is 1. The van der Waals surface area contributed by atoms with Crippen LogP contribution in [0.3, 0.4) is 0 Å². The molecule has 0 aliphatic rings. The van der Waals surface area contributed by atoms with Gasteiger partial charge < -0.3 is 9.84 Å². The molecule has 4 heteroatoms. The van der Waals surface area contributed by atoms with Gasteiger partial charge >= 0.3 is 5.97 Å². The van der Waals surface area contributed by atoms with Crippen molar-refractivity contribution in [2.75, 3.05) is 0 Å². The van der Waals surface area contributed by atoms with Crippen molar-refractivity contribution in [3.63, 3.8) is 0 Å². The summed E-state index contributed by atoms with van der Waals surface area (Å²) in [6, 6.07) is 14.6. The highest BCUT2D eigenvalue weighted by molar-refractivity contribution is 9.10. The molecule has 0 saturated carbocycles. The summed E-state index contributed by atoms with van der Waals surface area (Å²) in [4.78, 5) is 10.6. The number of hydrogen-bond acceptors (Lipinski definition) is 2. The lowest BCUT2D eigenvalue weighted by Gasteiger charge is -2.07. The fraction of sp³-hybridized carbons (Fsp3) is 0.0714. The lowest BCUT2D eigenvalue weighted by Crippen LogP contribution is -1.99. The largest absolute Gasteiger partial charge is 0.481 e. The quantitative estimate of drug-likeness (QED) is 0.932. The van der Waals surface area contributed by atoms with E-state index < -0.39 is 5.97 Å². The van der Waals surface area contributed by atoms with Gasteiger partial charge in [0.25, 0.3) is 0 Å². The van der Waals surface area contributed by atoms with Crippen LogP contribution in [0.5, 0.6) is 11.5 Å². The number of carboxylic acids is 1. The number of benzene rings is 2. The molecule has 3 nitrogen and oxygen atoms in total. The first-order chi connectivity index (χ1) is 8.65. The van der Waals surface area contributed by atoms with E-state index in [9.17, 15) is 4.79 Å². The molecule has 0 bridgehead atoms. The summed E-state index contributed by atoms with van der Waals surface area (Å²) in [7, 11) is 0. The molecule has 2 aromatic rings. The van der Waals surface area contributed by atoms with Crippen molar-refractivity contribution in [3.8, 4) is 11.5 Å². The molecule has 0 aliphatic heterocycles. The molecule has 1 N–H and O–H groups in total. The normalized spacial score (nSPS) is 10.1. The zero-order valence-electron chi connectivity index (χ0n) is 9.47. The van der Waals surface area contributed by atoms with Crippen LogP contribution in [0.1, 0.15) is 5.56 Å². The van der Waals surface area contributed by atoms with Crippen molar-refractivity contribution in [1.82, 2.24) is 0 Å². The predicted molar refractivity (Wildman–Crippen MR) is 72.0 cm³/mol. The minimum Gasteiger partial charge on any atom is -0.481 e. The zero-order valence-corrected chi connectivity index (χ0v) is 11.1. The molecule has 0 fully saturated rings. The Labute approximate surface area is 113 Å². The van der Waals surface area contributed by atoms with Crippen LogP contribution in [-0.4, -0.2) is 11.1 Å². The van der Waals surface area contributed by atoms with Gasteiger partial charge in [0.15, 0.2) is 0 Å². The first kappa shape index (κ1) is 12.6. The van der Waals surface area contributed by atoms with Crippen LogP contribution in [0.25, 0.3) is 0 Å².